The highest BCUT2D eigenvalue weighted by molar-refractivity contribution is 5.52. The molecule has 0 spiro atoms. The van der Waals surface area contributed by atoms with Gasteiger partial charge in [-0.15, -0.1) is 0 Å². The molecule has 164 valence electrons. The van der Waals surface area contributed by atoms with Crippen molar-refractivity contribution >= 4 is 0 Å². The molecular weight excluding hydrogens is 364 g/mol. The number of hydrogen-bond donors (Lipinski definition) is 0. The highest BCUT2D eigenvalue weighted by Gasteiger charge is 2.23. The molecule has 0 bridgehead atoms. The lowest BCUT2D eigenvalue weighted by Gasteiger charge is -2.29. The number of unbranched alkanes of at least 4 members (excludes halogenated alkanes) is 1. The Morgan fingerprint density at radius 2 is 2.00 bits per heavy atom. The van der Waals surface area contributed by atoms with Gasteiger partial charge in [0.05, 0.1) is 6.04 Å². The van der Waals surface area contributed by atoms with Gasteiger partial charge in [0, 0.05) is 31.1 Å². The molecule has 0 radical (unpaired) electrons. The topological polar surface area (TPSA) is 16.1 Å². The van der Waals surface area contributed by atoms with E-state index in [1.165, 1.54) is 59.2 Å². The standard InChI is InChI=1S/C28H42N2/c1-9-11-12-16-26(21(5)10-2)27(20(3)4)19-30(8)23(7)25-17-22(6)28(29-18-25)24-14-13-15-24/h12,16-19,23-24H,3,9-11,13-15H2,1-2,4-8H3/b16-12-,26-21-,27-19-. The summed E-state index contributed by atoms with van der Waals surface area (Å²) in [5.41, 5.74) is 8.97. The van der Waals surface area contributed by atoms with Crippen molar-refractivity contribution in [3.05, 3.63) is 76.3 Å². The van der Waals surface area contributed by atoms with E-state index in [0.717, 1.165) is 18.4 Å². The molecule has 2 heteroatoms. The molecule has 0 saturated heterocycles. The second kappa shape index (κ2) is 11.3. The van der Waals surface area contributed by atoms with E-state index in [0.29, 0.717) is 5.92 Å². The van der Waals surface area contributed by atoms with Crippen LogP contribution < -0.4 is 0 Å². The molecule has 1 aromatic rings. The van der Waals surface area contributed by atoms with Crippen LogP contribution in [0.4, 0.5) is 0 Å². The van der Waals surface area contributed by atoms with E-state index in [9.17, 15) is 0 Å². The van der Waals surface area contributed by atoms with Gasteiger partial charge in [-0.25, -0.2) is 0 Å². The van der Waals surface area contributed by atoms with E-state index in [-0.39, 0.29) is 6.04 Å². The predicted octanol–water partition coefficient (Wildman–Crippen LogP) is 8.19. The van der Waals surface area contributed by atoms with Crippen LogP contribution in [0.15, 0.2) is 59.5 Å². The van der Waals surface area contributed by atoms with Gasteiger partial charge in [-0.2, -0.15) is 0 Å². The maximum absolute atomic E-state index is 4.86. The molecule has 0 N–H and O–H groups in total. The van der Waals surface area contributed by atoms with Crippen LogP contribution in [0.3, 0.4) is 0 Å². The summed E-state index contributed by atoms with van der Waals surface area (Å²) in [6, 6.07) is 2.59. The van der Waals surface area contributed by atoms with Crippen LogP contribution in [0, 0.1) is 6.92 Å². The molecule has 1 fully saturated rings. The minimum absolute atomic E-state index is 0.254. The van der Waals surface area contributed by atoms with Gasteiger partial charge in [-0.1, -0.05) is 57.1 Å². The van der Waals surface area contributed by atoms with Crippen molar-refractivity contribution in [1.29, 1.82) is 0 Å². The van der Waals surface area contributed by atoms with E-state index < -0.39 is 0 Å². The molecule has 1 saturated carbocycles. The van der Waals surface area contributed by atoms with E-state index in [4.69, 9.17) is 4.98 Å². The normalized spacial score (nSPS) is 17.0. The summed E-state index contributed by atoms with van der Waals surface area (Å²) >= 11 is 0. The lowest BCUT2D eigenvalue weighted by molar-refractivity contribution is 0.357. The molecule has 0 aromatic carbocycles. The average molecular weight is 407 g/mol. The van der Waals surface area contributed by atoms with Crippen LogP contribution in [0.2, 0.25) is 0 Å². The highest BCUT2D eigenvalue weighted by Crippen LogP contribution is 2.37. The van der Waals surface area contributed by atoms with Gasteiger partial charge in [0.15, 0.2) is 0 Å². The lowest BCUT2D eigenvalue weighted by atomic mass is 9.81. The van der Waals surface area contributed by atoms with Gasteiger partial charge >= 0.3 is 0 Å². The SMILES string of the molecule is C=C(C)C(=C/N(C)C(C)c1cnc(C2CCC2)c(C)c1)/C(/C=C\CCC)=C(/C)CC. The fraction of sp³-hybridized carbons (Fsp3) is 0.536. The van der Waals surface area contributed by atoms with E-state index in [1.54, 1.807) is 0 Å². The zero-order valence-corrected chi connectivity index (χ0v) is 20.4. The van der Waals surface area contributed by atoms with Crippen molar-refractivity contribution in [2.75, 3.05) is 7.05 Å². The average Bonchev–Trinajstić information content (AvgIpc) is 2.68. The molecule has 1 unspecified atom stereocenters. The second-order valence-electron chi connectivity index (χ2n) is 9.00. The summed E-state index contributed by atoms with van der Waals surface area (Å²) in [5.74, 6) is 0.682. The van der Waals surface area contributed by atoms with Gasteiger partial charge in [0.25, 0.3) is 0 Å². The van der Waals surface area contributed by atoms with Crippen molar-refractivity contribution in [3.8, 4) is 0 Å². The van der Waals surface area contributed by atoms with E-state index in [2.05, 4.69) is 90.7 Å². The molecule has 30 heavy (non-hydrogen) atoms. The van der Waals surface area contributed by atoms with Crippen LogP contribution in [0.1, 0.15) is 102 Å². The van der Waals surface area contributed by atoms with Crippen LogP contribution in [-0.2, 0) is 0 Å². The van der Waals surface area contributed by atoms with Crippen molar-refractivity contribution in [2.24, 2.45) is 0 Å². The number of nitrogens with zero attached hydrogens (tertiary/aromatic N) is 2. The van der Waals surface area contributed by atoms with Crippen LogP contribution in [0.25, 0.3) is 0 Å². The van der Waals surface area contributed by atoms with Gasteiger partial charge in [-0.3, -0.25) is 4.98 Å². The number of rotatable bonds is 10. The second-order valence-corrected chi connectivity index (χ2v) is 9.00. The number of aryl methyl sites for hydroxylation is 1. The van der Waals surface area contributed by atoms with Gasteiger partial charge in [0.1, 0.15) is 0 Å². The Kier molecular flexibility index (Phi) is 9.14. The summed E-state index contributed by atoms with van der Waals surface area (Å²) in [5, 5.41) is 0. The van der Waals surface area contributed by atoms with E-state index in [1.807, 2.05) is 0 Å². The summed E-state index contributed by atoms with van der Waals surface area (Å²) in [4.78, 5) is 7.16. The molecular formula is C28H42N2. The monoisotopic (exact) mass is 406 g/mol. The summed E-state index contributed by atoms with van der Waals surface area (Å²) in [6.07, 6.45) is 16.2. The Hall–Kier alpha value is -2.09. The first-order chi connectivity index (χ1) is 14.3. The number of aromatic nitrogens is 1. The Bertz CT molecular complexity index is 821. The molecule has 1 heterocycles. The van der Waals surface area contributed by atoms with Crippen LogP contribution in [0.5, 0.6) is 0 Å². The molecule has 1 aliphatic carbocycles. The first-order valence-electron chi connectivity index (χ1n) is 11.7. The van der Waals surface area contributed by atoms with E-state index >= 15 is 0 Å². The molecule has 2 rings (SSSR count). The smallest absolute Gasteiger partial charge is 0.0521 e. The van der Waals surface area contributed by atoms with Gasteiger partial charge in [-0.05, 0) is 81.2 Å². The summed E-state index contributed by atoms with van der Waals surface area (Å²) in [6.45, 7) is 17.6. The fourth-order valence-electron chi connectivity index (χ4n) is 3.93. The summed E-state index contributed by atoms with van der Waals surface area (Å²) in [7, 11) is 2.16. The van der Waals surface area contributed by atoms with Crippen molar-refractivity contribution < 1.29 is 0 Å². The quantitative estimate of drug-likeness (QED) is 0.364. The Morgan fingerprint density at radius 1 is 1.30 bits per heavy atom. The van der Waals surface area contributed by atoms with Gasteiger partial charge < -0.3 is 4.90 Å². The number of allylic oxidation sites excluding steroid dienone is 6. The van der Waals surface area contributed by atoms with Crippen molar-refractivity contribution in [2.45, 2.75) is 92.0 Å². The third-order valence-electron chi connectivity index (χ3n) is 6.54. The molecule has 2 nitrogen and oxygen atoms in total. The first kappa shape index (κ1) is 24.2. The Morgan fingerprint density at radius 3 is 2.50 bits per heavy atom. The first-order valence-corrected chi connectivity index (χ1v) is 11.7. The lowest BCUT2D eigenvalue weighted by Crippen LogP contribution is -2.19. The maximum atomic E-state index is 4.86. The summed E-state index contributed by atoms with van der Waals surface area (Å²) < 4.78 is 0. The van der Waals surface area contributed by atoms with Gasteiger partial charge in [0.2, 0.25) is 0 Å². The fourth-order valence-corrected chi connectivity index (χ4v) is 3.93. The molecule has 0 aliphatic heterocycles. The van der Waals surface area contributed by atoms with Crippen LogP contribution >= 0.6 is 0 Å². The molecule has 0 amide bonds. The predicted molar refractivity (Wildman–Crippen MR) is 132 cm³/mol. The maximum Gasteiger partial charge on any atom is 0.0521 e. The van der Waals surface area contributed by atoms with Crippen molar-refractivity contribution in [3.63, 3.8) is 0 Å². The highest BCUT2D eigenvalue weighted by atomic mass is 15.1. The zero-order chi connectivity index (χ0) is 22.3. The zero-order valence-electron chi connectivity index (χ0n) is 20.4. The Balaban J connectivity index is 2.31. The largest absolute Gasteiger partial charge is 0.373 e. The van der Waals surface area contributed by atoms with Crippen molar-refractivity contribution in [1.82, 2.24) is 9.88 Å². The molecule has 1 aliphatic rings. The Labute approximate surface area is 185 Å². The molecule has 1 atom stereocenters. The third-order valence-corrected chi connectivity index (χ3v) is 6.54. The minimum Gasteiger partial charge on any atom is -0.373 e. The number of pyridine rings is 1. The number of hydrogen-bond acceptors (Lipinski definition) is 2. The third kappa shape index (κ3) is 5.97. The minimum atomic E-state index is 0.254. The molecule has 1 aromatic heterocycles. The van der Waals surface area contributed by atoms with Crippen LogP contribution in [-0.4, -0.2) is 16.9 Å².